The van der Waals surface area contributed by atoms with Gasteiger partial charge in [0.1, 0.15) is 0 Å². The molecule has 1 aliphatic heterocycles. The van der Waals surface area contributed by atoms with Crippen molar-refractivity contribution in [1.82, 2.24) is 4.90 Å². The van der Waals surface area contributed by atoms with Crippen molar-refractivity contribution in [1.29, 1.82) is 0 Å². The summed E-state index contributed by atoms with van der Waals surface area (Å²) in [5.41, 5.74) is 7.99. The molecule has 0 bridgehead atoms. The zero-order valence-corrected chi connectivity index (χ0v) is 15.7. The first kappa shape index (κ1) is 18.6. The topological polar surface area (TPSA) is 80.5 Å². The van der Waals surface area contributed by atoms with Gasteiger partial charge in [-0.2, -0.15) is 0 Å². The standard InChI is InChI=1S/C20H24N2O3S/c1-15-4-10-19(11-5-15)26(24,25)14-16-6-8-17(9-7-16)20(23)22-12-2-3-18(22)13-21/h4-11,18H,2-3,12-14,21H2,1H3. The molecule has 0 aliphatic carbocycles. The first-order valence-corrected chi connectivity index (χ1v) is 10.5. The number of carbonyl (C=O) groups is 1. The van der Waals surface area contributed by atoms with Crippen molar-refractivity contribution in [3.8, 4) is 0 Å². The summed E-state index contributed by atoms with van der Waals surface area (Å²) in [5.74, 6) is -0.120. The Hall–Kier alpha value is -2.18. The van der Waals surface area contributed by atoms with Crippen LogP contribution in [0.1, 0.15) is 34.3 Å². The summed E-state index contributed by atoms with van der Waals surface area (Å²) in [6, 6.07) is 13.8. The van der Waals surface area contributed by atoms with Crippen LogP contribution in [-0.4, -0.2) is 38.4 Å². The van der Waals surface area contributed by atoms with Gasteiger partial charge in [0.2, 0.25) is 0 Å². The Labute approximate surface area is 154 Å². The van der Waals surface area contributed by atoms with Crippen LogP contribution >= 0.6 is 0 Å². The molecule has 2 aromatic carbocycles. The third-order valence-electron chi connectivity index (χ3n) is 4.85. The largest absolute Gasteiger partial charge is 0.334 e. The van der Waals surface area contributed by atoms with E-state index in [1.807, 2.05) is 11.8 Å². The first-order chi connectivity index (χ1) is 12.4. The molecule has 2 aromatic rings. The number of amides is 1. The van der Waals surface area contributed by atoms with Gasteiger partial charge in [0.05, 0.1) is 10.6 Å². The Morgan fingerprint density at radius 2 is 1.77 bits per heavy atom. The van der Waals surface area contributed by atoms with Crippen molar-refractivity contribution in [2.45, 2.75) is 36.5 Å². The molecule has 1 atom stereocenters. The van der Waals surface area contributed by atoms with E-state index in [0.29, 0.717) is 22.6 Å². The Bertz CT molecular complexity index is 874. The van der Waals surface area contributed by atoms with Gasteiger partial charge in [-0.05, 0) is 49.6 Å². The van der Waals surface area contributed by atoms with E-state index >= 15 is 0 Å². The van der Waals surface area contributed by atoms with E-state index in [1.165, 1.54) is 0 Å². The SMILES string of the molecule is Cc1ccc(S(=O)(=O)Cc2ccc(C(=O)N3CCCC3CN)cc2)cc1. The van der Waals surface area contributed by atoms with Crippen molar-refractivity contribution in [2.75, 3.05) is 13.1 Å². The number of aryl methyl sites for hydroxylation is 1. The first-order valence-electron chi connectivity index (χ1n) is 8.80. The van der Waals surface area contributed by atoms with Crippen molar-refractivity contribution in [2.24, 2.45) is 5.73 Å². The summed E-state index contributed by atoms with van der Waals surface area (Å²) < 4.78 is 25.1. The molecular formula is C20H24N2O3S. The maximum absolute atomic E-state index is 12.6. The van der Waals surface area contributed by atoms with Gasteiger partial charge in [-0.1, -0.05) is 29.8 Å². The van der Waals surface area contributed by atoms with Crippen LogP contribution < -0.4 is 5.73 Å². The molecule has 1 amide bonds. The molecule has 0 aromatic heterocycles. The normalized spacial score (nSPS) is 17.5. The summed E-state index contributed by atoms with van der Waals surface area (Å²) in [7, 11) is -3.40. The molecule has 0 saturated carbocycles. The van der Waals surface area contributed by atoms with Crippen LogP contribution in [0.3, 0.4) is 0 Å². The Morgan fingerprint density at radius 3 is 2.38 bits per heavy atom. The molecule has 1 saturated heterocycles. The highest BCUT2D eigenvalue weighted by molar-refractivity contribution is 7.90. The minimum Gasteiger partial charge on any atom is -0.334 e. The second kappa shape index (κ2) is 7.60. The van der Waals surface area contributed by atoms with Gasteiger partial charge in [-0.3, -0.25) is 4.79 Å². The maximum atomic E-state index is 12.6. The fraction of sp³-hybridized carbons (Fsp3) is 0.350. The smallest absolute Gasteiger partial charge is 0.254 e. The lowest BCUT2D eigenvalue weighted by molar-refractivity contribution is 0.0741. The zero-order chi connectivity index (χ0) is 18.7. The third-order valence-corrected chi connectivity index (χ3v) is 6.55. The van der Waals surface area contributed by atoms with Gasteiger partial charge in [0, 0.05) is 24.7 Å². The number of benzene rings is 2. The van der Waals surface area contributed by atoms with E-state index in [9.17, 15) is 13.2 Å². The summed E-state index contributed by atoms with van der Waals surface area (Å²) in [6.07, 6.45) is 1.91. The predicted molar refractivity (Wildman–Crippen MR) is 102 cm³/mol. The lowest BCUT2D eigenvalue weighted by atomic mass is 10.1. The molecule has 6 heteroatoms. The monoisotopic (exact) mass is 372 g/mol. The van der Waals surface area contributed by atoms with Crippen LogP contribution in [0, 0.1) is 6.92 Å². The second-order valence-corrected chi connectivity index (χ2v) is 8.79. The molecule has 1 aliphatic rings. The number of carbonyl (C=O) groups excluding carboxylic acids is 1. The molecule has 1 unspecified atom stereocenters. The third kappa shape index (κ3) is 3.97. The van der Waals surface area contributed by atoms with E-state index in [4.69, 9.17) is 5.73 Å². The Morgan fingerprint density at radius 1 is 1.12 bits per heavy atom. The van der Waals surface area contributed by atoms with E-state index < -0.39 is 9.84 Å². The van der Waals surface area contributed by atoms with Gasteiger partial charge < -0.3 is 10.6 Å². The highest BCUT2D eigenvalue weighted by atomic mass is 32.2. The number of likely N-dealkylation sites (tertiary alicyclic amines) is 1. The lowest BCUT2D eigenvalue weighted by Gasteiger charge is -2.23. The van der Waals surface area contributed by atoms with Crippen molar-refractivity contribution in [3.05, 3.63) is 65.2 Å². The predicted octanol–water partition coefficient (Wildman–Crippen LogP) is 2.53. The van der Waals surface area contributed by atoms with Gasteiger partial charge in [0.25, 0.3) is 5.91 Å². The molecule has 5 nitrogen and oxygen atoms in total. The van der Waals surface area contributed by atoms with Crippen LogP contribution in [-0.2, 0) is 15.6 Å². The fourth-order valence-electron chi connectivity index (χ4n) is 3.31. The van der Waals surface area contributed by atoms with Crippen LogP contribution in [0.2, 0.25) is 0 Å². The average molecular weight is 372 g/mol. The highest BCUT2D eigenvalue weighted by Gasteiger charge is 2.28. The minimum absolute atomic E-state index is 0.0362. The van der Waals surface area contributed by atoms with Crippen molar-refractivity contribution < 1.29 is 13.2 Å². The molecule has 0 spiro atoms. The van der Waals surface area contributed by atoms with Crippen LogP contribution in [0.4, 0.5) is 0 Å². The summed E-state index contributed by atoms with van der Waals surface area (Å²) in [6.45, 7) is 3.12. The lowest BCUT2D eigenvalue weighted by Crippen LogP contribution is -2.39. The fourth-order valence-corrected chi connectivity index (χ4v) is 4.65. The van der Waals surface area contributed by atoms with Crippen molar-refractivity contribution in [3.63, 3.8) is 0 Å². The Kier molecular flexibility index (Phi) is 5.44. The summed E-state index contributed by atoms with van der Waals surface area (Å²) in [5, 5.41) is 0. The number of sulfone groups is 1. The minimum atomic E-state index is -3.40. The van der Waals surface area contributed by atoms with Gasteiger partial charge in [0.15, 0.2) is 9.84 Å². The van der Waals surface area contributed by atoms with E-state index in [1.54, 1.807) is 48.5 Å². The van der Waals surface area contributed by atoms with E-state index in [2.05, 4.69) is 0 Å². The quantitative estimate of drug-likeness (QED) is 0.875. The summed E-state index contributed by atoms with van der Waals surface area (Å²) >= 11 is 0. The van der Waals surface area contributed by atoms with Crippen LogP contribution in [0.5, 0.6) is 0 Å². The number of nitrogens with zero attached hydrogens (tertiary/aromatic N) is 1. The highest BCUT2D eigenvalue weighted by Crippen LogP contribution is 2.21. The molecular weight excluding hydrogens is 348 g/mol. The number of hydrogen-bond donors (Lipinski definition) is 1. The second-order valence-electron chi connectivity index (χ2n) is 6.80. The van der Waals surface area contributed by atoms with Crippen molar-refractivity contribution >= 4 is 15.7 Å². The Balaban J connectivity index is 1.73. The molecule has 3 rings (SSSR count). The van der Waals surface area contributed by atoms with Crippen LogP contribution in [0.25, 0.3) is 0 Å². The maximum Gasteiger partial charge on any atom is 0.254 e. The van der Waals surface area contributed by atoms with E-state index in [-0.39, 0.29) is 17.7 Å². The average Bonchev–Trinajstić information content (AvgIpc) is 3.10. The van der Waals surface area contributed by atoms with Crippen LogP contribution in [0.15, 0.2) is 53.4 Å². The number of nitrogens with two attached hydrogens (primary N) is 1. The van der Waals surface area contributed by atoms with Gasteiger partial charge >= 0.3 is 0 Å². The number of hydrogen-bond acceptors (Lipinski definition) is 4. The molecule has 26 heavy (non-hydrogen) atoms. The number of rotatable bonds is 5. The van der Waals surface area contributed by atoms with E-state index in [0.717, 1.165) is 24.9 Å². The van der Waals surface area contributed by atoms with Gasteiger partial charge in [-0.15, -0.1) is 0 Å². The molecule has 1 heterocycles. The molecule has 1 fully saturated rings. The molecule has 2 N–H and O–H groups in total. The summed E-state index contributed by atoms with van der Waals surface area (Å²) in [4.78, 5) is 14.7. The van der Waals surface area contributed by atoms with Gasteiger partial charge in [-0.25, -0.2) is 8.42 Å². The molecule has 138 valence electrons. The molecule has 0 radical (unpaired) electrons. The zero-order valence-electron chi connectivity index (χ0n) is 14.9.